The number of aliphatic hydroxyl groups excluding tert-OH is 2. The summed E-state index contributed by atoms with van der Waals surface area (Å²) in [7, 11) is 0. The Balaban J connectivity index is 4.41. The van der Waals surface area contributed by atoms with Crippen molar-refractivity contribution in [1.29, 1.82) is 0 Å². The van der Waals surface area contributed by atoms with Crippen LogP contribution in [0.15, 0.2) is 0 Å². The zero-order valence-corrected chi connectivity index (χ0v) is 9.05. The van der Waals surface area contributed by atoms with E-state index in [0.29, 0.717) is 0 Å². The molecule has 0 rings (SSSR count). The highest BCUT2D eigenvalue weighted by atomic mass is 16.3. The molecular formula is C10H22O2. The van der Waals surface area contributed by atoms with E-state index in [1.54, 1.807) is 0 Å². The van der Waals surface area contributed by atoms with Crippen molar-refractivity contribution >= 4 is 0 Å². The molecule has 0 radical (unpaired) electrons. The molecule has 0 heterocycles. The summed E-state index contributed by atoms with van der Waals surface area (Å²) in [5, 5.41) is 19.5. The van der Waals surface area contributed by atoms with Crippen molar-refractivity contribution in [2.24, 2.45) is 10.8 Å². The third kappa shape index (κ3) is 3.11. The standard InChI is InChI=1S/C10H22O2/c1-9(2,3)7(11)8(12)10(4,5)6/h7-8,11-12H,1-6H3/t7-,8-/m1/s1. The lowest BCUT2D eigenvalue weighted by atomic mass is 9.76. The van der Waals surface area contributed by atoms with Crippen LogP contribution in [0.1, 0.15) is 41.5 Å². The van der Waals surface area contributed by atoms with Gasteiger partial charge in [-0.25, -0.2) is 0 Å². The molecule has 0 saturated carbocycles. The highest BCUT2D eigenvalue weighted by Crippen LogP contribution is 2.30. The van der Waals surface area contributed by atoms with E-state index < -0.39 is 12.2 Å². The van der Waals surface area contributed by atoms with Crippen LogP contribution < -0.4 is 0 Å². The fourth-order valence-corrected chi connectivity index (χ4v) is 0.947. The van der Waals surface area contributed by atoms with Crippen molar-refractivity contribution in [2.75, 3.05) is 0 Å². The van der Waals surface area contributed by atoms with E-state index in [1.165, 1.54) is 0 Å². The molecule has 2 N–H and O–H groups in total. The van der Waals surface area contributed by atoms with Gasteiger partial charge in [0, 0.05) is 0 Å². The van der Waals surface area contributed by atoms with Crippen molar-refractivity contribution in [3.8, 4) is 0 Å². The summed E-state index contributed by atoms with van der Waals surface area (Å²) in [5.74, 6) is 0. The zero-order chi connectivity index (χ0) is 10.2. The van der Waals surface area contributed by atoms with Gasteiger partial charge in [0.1, 0.15) is 0 Å². The predicted molar refractivity (Wildman–Crippen MR) is 50.9 cm³/mol. The van der Waals surface area contributed by atoms with Crippen molar-refractivity contribution in [1.82, 2.24) is 0 Å². The molecule has 0 aromatic heterocycles. The van der Waals surface area contributed by atoms with Gasteiger partial charge in [-0.3, -0.25) is 0 Å². The minimum atomic E-state index is -0.669. The first kappa shape index (κ1) is 11.9. The van der Waals surface area contributed by atoms with Crippen LogP contribution in [0.3, 0.4) is 0 Å². The molecule has 0 amide bonds. The van der Waals surface area contributed by atoms with Crippen LogP contribution in [0, 0.1) is 10.8 Å². The van der Waals surface area contributed by atoms with E-state index in [-0.39, 0.29) is 10.8 Å². The van der Waals surface area contributed by atoms with E-state index in [1.807, 2.05) is 41.5 Å². The highest BCUT2D eigenvalue weighted by Gasteiger charge is 2.36. The molecule has 0 aliphatic rings. The lowest BCUT2D eigenvalue weighted by molar-refractivity contribution is -0.0908. The fourth-order valence-electron chi connectivity index (χ4n) is 0.947. The normalized spacial score (nSPS) is 19.0. The summed E-state index contributed by atoms with van der Waals surface area (Å²) in [5.41, 5.74) is -0.514. The van der Waals surface area contributed by atoms with Gasteiger partial charge in [0.2, 0.25) is 0 Å². The molecule has 2 atom stereocenters. The topological polar surface area (TPSA) is 40.5 Å². The van der Waals surface area contributed by atoms with Crippen LogP contribution in [-0.2, 0) is 0 Å². The van der Waals surface area contributed by atoms with Gasteiger partial charge in [-0.15, -0.1) is 0 Å². The molecule has 2 nitrogen and oxygen atoms in total. The Morgan fingerprint density at radius 3 is 0.917 bits per heavy atom. The molecule has 0 spiro atoms. The molecule has 2 heteroatoms. The summed E-state index contributed by atoms with van der Waals surface area (Å²) in [6.45, 7) is 11.5. The average molecular weight is 174 g/mol. The van der Waals surface area contributed by atoms with Crippen molar-refractivity contribution in [2.45, 2.75) is 53.8 Å². The zero-order valence-electron chi connectivity index (χ0n) is 9.05. The van der Waals surface area contributed by atoms with Gasteiger partial charge >= 0.3 is 0 Å². The first-order chi connectivity index (χ1) is 5.07. The molecule has 74 valence electrons. The molecule has 0 saturated heterocycles. The molecule has 0 aromatic carbocycles. The maximum Gasteiger partial charge on any atom is 0.0852 e. The van der Waals surface area contributed by atoms with Crippen LogP contribution in [0.4, 0.5) is 0 Å². The molecule has 0 unspecified atom stereocenters. The number of hydrogen-bond donors (Lipinski definition) is 2. The maximum absolute atomic E-state index is 9.74. The first-order valence-electron chi connectivity index (χ1n) is 4.43. The largest absolute Gasteiger partial charge is 0.390 e. The highest BCUT2D eigenvalue weighted by molar-refractivity contribution is 4.86. The summed E-state index contributed by atoms with van der Waals surface area (Å²) in [6.07, 6.45) is -1.34. The monoisotopic (exact) mass is 174 g/mol. The van der Waals surface area contributed by atoms with Crippen LogP contribution in [-0.4, -0.2) is 22.4 Å². The third-order valence-corrected chi connectivity index (χ3v) is 2.07. The Morgan fingerprint density at radius 1 is 0.667 bits per heavy atom. The third-order valence-electron chi connectivity index (χ3n) is 2.07. The van der Waals surface area contributed by atoms with E-state index in [4.69, 9.17) is 0 Å². The van der Waals surface area contributed by atoms with E-state index >= 15 is 0 Å². The van der Waals surface area contributed by atoms with Gasteiger partial charge in [-0.1, -0.05) is 41.5 Å². The summed E-state index contributed by atoms with van der Waals surface area (Å²) in [4.78, 5) is 0. The van der Waals surface area contributed by atoms with Crippen molar-refractivity contribution in [3.63, 3.8) is 0 Å². The fraction of sp³-hybridized carbons (Fsp3) is 1.00. The Kier molecular flexibility index (Phi) is 3.32. The number of aliphatic hydroxyl groups is 2. The summed E-state index contributed by atoms with van der Waals surface area (Å²) < 4.78 is 0. The molecule has 0 bridgehead atoms. The SMILES string of the molecule is CC(C)(C)[C@H](O)[C@@H](O)C(C)(C)C. The van der Waals surface area contributed by atoms with Gasteiger partial charge in [0.05, 0.1) is 12.2 Å². The second-order valence-electron chi connectivity index (χ2n) is 5.62. The Labute approximate surface area is 75.6 Å². The van der Waals surface area contributed by atoms with Crippen LogP contribution in [0.2, 0.25) is 0 Å². The smallest absolute Gasteiger partial charge is 0.0852 e. The minimum absolute atomic E-state index is 0.257. The van der Waals surface area contributed by atoms with Crippen molar-refractivity contribution in [3.05, 3.63) is 0 Å². The lowest BCUT2D eigenvalue weighted by Gasteiger charge is -2.37. The summed E-state index contributed by atoms with van der Waals surface area (Å²) >= 11 is 0. The van der Waals surface area contributed by atoms with Crippen LogP contribution >= 0.6 is 0 Å². The van der Waals surface area contributed by atoms with Gasteiger partial charge < -0.3 is 10.2 Å². The van der Waals surface area contributed by atoms with E-state index in [2.05, 4.69) is 0 Å². The lowest BCUT2D eigenvalue weighted by Crippen LogP contribution is -2.44. The predicted octanol–water partition coefficient (Wildman–Crippen LogP) is 1.80. The Hall–Kier alpha value is -0.0800. The quantitative estimate of drug-likeness (QED) is 0.636. The van der Waals surface area contributed by atoms with Gasteiger partial charge in [0.25, 0.3) is 0 Å². The van der Waals surface area contributed by atoms with Crippen LogP contribution in [0.25, 0.3) is 0 Å². The molecule has 12 heavy (non-hydrogen) atoms. The first-order valence-corrected chi connectivity index (χ1v) is 4.43. The van der Waals surface area contributed by atoms with Gasteiger partial charge in [-0.05, 0) is 10.8 Å². The molecule has 0 fully saturated rings. The second kappa shape index (κ2) is 3.35. The molecule has 0 aliphatic carbocycles. The molecule has 0 aromatic rings. The van der Waals surface area contributed by atoms with Gasteiger partial charge in [-0.2, -0.15) is 0 Å². The van der Waals surface area contributed by atoms with E-state index in [0.717, 1.165) is 0 Å². The number of hydrogen-bond acceptors (Lipinski definition) is 2. The van der Waals surface area contributed by atoms with E-state index in [9.17, 15) is 10.2 Å². The number of rotatable bonds is 1. The Bertz CT molecular complexity index is 121. The minimum Gasteiger partial charge on any atom is -0.390 e. The van der Waals surface area contributed by atoms with Crippen molar-refractivity contribution < 1.29 is 10.2 Å². The molecular weight excluding hydrogens is 152 g/mol. The average Bonchev–Trinajstić information content (AvgIpc) is 1.80. The Morgan fingerprint density at radius 2 is 0.833 bits per heavy atom. The molecule has 0 aliphatic heterocycles. The summed E-state index contributed by atoms with van der Waals surface area (Å²) in [6, 6.07) is 0. The van der Waals surface area contributed by atoms with Gasteiger partial charge in [0.15, 0.2) is 0 Å². The maximum atomic E-state index is 9.74. The van der Waals surface area contributed by atoms with Crippen LogP contribution in [0.5, 0.6) is 0 Å². The second-order valence-corrected chi connectivity index (χ2v) is 5.62.